The molecule has 2 aromatic carbocycles. The summed E-state index contributed by atoms with van der Waals surface area (Å²) in [6, 6.07) is 12.7. The predicted octanol–water partition coefficient (Wildman–Crippen LogP) is 6.83. The van der Waals surface area contributed by atoms with Gasteiger partial charge in [0.2, 0.25) is 27.4 Å². The number of fused-ring (bicyclic) bond motifs is 5. The maximum absolute atomic E-state index is 14.8. The number of hydrogen-bond acceptors (Lipinski definition) is 12. The second-order valence-electron chi connectivity index (χ2n) is 17.8. The van der Waals surface area contributed by atoms with Gasteiger partial charge in [-0.25, -0.2) is 22.6 Å². The highest BCUT2D eigenvalue weighted by Gasteiger charge is 2.62. The van der Waals surface area contributed by atoms with Gasteiger partial charge in [0.25, 0.3) is 11.8 Å². The Kier molecular flexibility index (Phi) is 11.3. The van der Waals surface area contributed by atoms with Gasteiger partial charge in [-0.1, -0.05) is 49.3 Å². The number of amides is 4. The number of carbonyl (C=O) groups is 4. The van der Waals surface area contributed by atoms with E-state index in [1.807, 2.05) is 42.5 Å². The zero-order chi connectivity index (χ0) is 44.9. The van der Waals surface area contributed by atoms with E-state index in [2.05, 4.69) is 15.4 Å². The standard InChI is InChI=1S/C47H49FN6O10S/c48-30-18-21-38-34(23-30)39-40(64-38)43(51-41(50-39)28-16-14-27(15-17-28)37-13-8-22-61-37)62-32-24-36-42(55)52-47(45(57)53-65(59,60)33-19-20-33)25-29(47)9-4-2-1-3-5-12-35(44(56)54(36)26-32)49-46(58)63-31-10-6-7-11-31/h4,8-9,13-18,21-23,29,31-33,35-36H,1-3,5-7,10-12,19-20,24-26H2,(H,49,58)(H,52,55)(H,53,57)/b9-4-/t29-,32-,35+,36+,47-/m1/s1. The number of sulfonamides is 1. The van der Waals surface area contributed by atoms with E-state index in [4.69, 9.17) is 28.3 Å². The molecule has 3 aliphatic carbocycles. The van der Waals surface area contributed by atoms with Crippen LogP contribution in [0.15, 0.2) is 81.8 Å². The third-order valence-corrected chi connectivity index (χ3v) is 15.0. The Morgan fingerprint density at radius 2 is 1.71 bits per heavy atom. The van der Waals surface area contributed by atoms with E-state index < -0.39 is 74.5 Å². The van der Waals surface area contributed by atoms with E-state index in [9.17, 15) is 32.0 Å². The third-order valence-electron chi connectivity index (χ3n) is 13.2. The summed E-state index contributed by atoms with van der Waals surface area (Å²) in [5, 5.41) is 5.40. The molecular formula is C47H49FN6O10S. The summed E-state index contributed by atoms with van der Waals surface area (Å²) in [4.78, 5) is 67.7. The first-order chi connectivity index (χ1) is 31.4. The van der Waals surface area contributed by atoms with Crippen LogP contribution in [0.3, 0.4) is 0 Å². The molecular weight excluding hydrogens is 860 g/mol. The number of allylic oxidation sites excluding steroid dienone is 1. The number of furan rings is 2. The number of aromatic nitrogens is 2. The molecule has 340 valence electrons. The Hall–Kier alpha value is -6.30. The van der Waals surface area contributed by atoms with Crippen molar-refractivity contribution in [3.63, 3.8) is 0 Å². The average Bonchev–Trinajstić information content (AvgIpc) is 3.90. The second kappa shape index (κ2) is 17.2. The van der Waals surface area contributed by atoms with Crippen LogP contribution < -0.4 is 20.1 Å². The number of ether oxygens (including phenoxy) is 2. The summed E-state index contributed by atoms with van der Waals surface area (Å²) in [7, 11) is -3.95. The first kappa shape index (κ1) is 42.6. The van der Waals surface area contributed by atoms with Gasteiger partial charge in [-0.05, 0) is 94.5 Å². The fourth-order valence-electron chi connectivity index (χ4n) is 9.37. The Labute approximate surface area is 373 Å². The van der Waals surface area contributed by atoms with Crippen molar-refractivity contribution in [3.05, 3.63) is 78.8 Å². The summed E-state index contributed by atoms with van der Waals surface area (Å²) in [6.07, 6.45) is 10.8. The number of benzene rings is 2. The molecule has 18 heteroatoms. The molecule has 2 aliphatic heterocycles. The van der Waals surface area contributed by atoms with E-state index in [1.54, 1.807) is 12.3 Å². The van der Waals surface area contributed by atoms with E-state index in [1.165, 1.54) is 23.1 Å². The van der Waals surface area contributed by atoms with E-state index in [0.717, 1.165) is 44.1 Å². The van der Waals surface area contributed by atoms with Crippen molar-refractivity contribution in [3.8, 4) is 28.6 Å². The van der Waals surface area contributed by atoms with Crippen LogP contribution in [-0.4, -0.2) is 88.7 Å². The molecule has 16 nitrogen and oxygen atoms in total. The molecule has 3 saturated carbocycles. The monoisotopic (exact) mass is 908 g/mol. The molecule has 1 saturated heterocycles. The normalized spacial score (nSPS) is 25.8. The number of carbonyl (C=O) groups excluding carboxylic acids is 4. The number of alkyl carbamates (subject to hydrolysis) is 1. The van der Waals surface area contributed by atoms with Gasteiger partial charge in [-0.15, -0.1) is 0 Å². The van der Waals surface area contributed by atoms with Crippen molar-refractivity contribution < 1.29 is 50.3 Å². The minimum atomic E-state index is -3.95. The van der Waals surface area contributed by atoms with Gasteiger partial charge in [-0.3, -0.25) is 19.1 Å². The topological polar surface area (TPSA) is 212 Å². The van der Waals surface area contributed by atoms with Gasteiger partial charge >= 0.3 is 6.09 Å². The van der Waals surface area contributed by atoms with Crippen molar-refractivity contribution >= 4 is 55.9 Å². The Morgan fingerprint density at radius 1 is 0.923 bits per heavy atom. The van der Waals surface area contributed by atoms with Crippen molar-refractivity contribution in [1.29, 1.82) is 0 Å². The maximum atomic E-state index is 14.8. The fourth-order valence-corrected chi connectivity index (χ4v) is 10.7. The molecule has 0 bridgehead atoms. The smallest absolute Gasteiger partial charge is 0.408 e. The zero-order valence-corrected chi connectivity index (χ0v) is 36.3. The molecule has 0 unspecified atom stereocenters. The Morgan fingerprint density at radius 3 is 2.48 bits per heavy atom. The molecule has 5 aromatic rings. The lowest BCUT2D eigenvalue weighted by Crippen LogP contribution is -2.58. The number of nitrogens with zero attached hydrogens (tertiary/aromatic N) is 3. The first-order valence-corrected chi connectivity index (χ1v) is 24.0. The van der Waals surface area contributed by atoms with Crippen molar-refractivity contribution in [1.82, 2.24) is 30.2 Å². The Bertz CT molecular complexity index is 2790. The molecule has 5 aliphatic rings. The van der Waals surface area contributed by atoms with Gasteiger partial charge in [0.1, 0.15) is 52.5 Å². The molecule has 10 rings (SSSR count). The largest absolute Gasteiger partial charge is 0.470 e. The second-order valence-corrected chi connectivity index (χ2v) is 19.8. The van der Waals surface area contributed by atoms with Crippen LogP contribution >= 0.6 is 0 Å². The fraction of sp³-hybridized carbons (Fsp3) is 0.447. The lowest BCUT2D eigenvalue weighted by atomic mass is 10.0. The summed E-state index contributed by atoms with van der Waals surface area (Å²) < 4.78 is 67.0. The van der Waals surface area contributed by atoms with Crippen LogP contribution in [0, 0.1) is 11.7 Å². The molecule has 65 heavy (non-hydrogen) atoms. The summed E-state index contributed by atoms with van der Waals surface area (Å²) in [5.74, 6) is -2.16. The maximum Gasteiger partial charge on any atom is 0.408 e. The summed E-state index contributed by atoms with van der Waals surface area (Å²) in [5.41, 5.74) is 0.583. The van der Waals surface area contributed by atoms with Crippen LogP contribution in [0.4, 0.5) is 9.18 Å². The van der Waals surface area contributed by atoms with Crippen molar-refractivity contribution in [2.45, 2.75) is 119 Å². The highest BCUT2D eigenvalue weighted by molar-refractivity contribution is 7.91. The minimum Gasteiger partial charge on any atom is -0.470 e. The van der Waals surface area contributed by atoms with Crippen molar-refractivity contribution in [2.75, 3.05) is 6.54 Å². The lowest BCUT2D eigenvalue weighted by molar-refractivity contribution is -0.141. The zero-order valence-electron chi connectivity index (χ0n) is 35.5. The summed E-state index contributed by atoms with van der Waals surface area (Å²) in [6.45, 7) is -0.140. The molecule has 3 aromatic heterocycles. The quantitative estimate of drug-likeness (QED) is 0.130. The summed E-state index contributed by atoms with van der Waals surface area (Å²) >= 11 is 0. The molecule has 0 spiro atoms. The molecule has 4 fully saturated rings. The van der Waals surface area contributed by atoms with Gasteiger partial charge in [-0.2, -0.15) is 4.98 Å². The number of rotatable bonds is 9. The van der Waals surface area contributed by atoms with Crippen LogP contribution in [0.5, 0.6) is 5.88 Å². The van der Waals surface area contributed by atoms with Crippen LogP contribution in [-0.2, 0) is 29.1 Å². The van der Waals surface area contributed by atoms with E-state index in [-0.39, 0.29) is 54.7 Å². The Balaban J connectivity index is 0.991. The van der Waals surface area contributed by atoms with Gasteiger partial charge in [0, 0.05) is 28.9 Å². The van der Waals surface area contributed by atoms with Crippen molar-refractivity contribution in [2.24, 2.45) is 5.92 Å². The predicted molar refractivity (Wildman–Crippen MR) is 234 cm³/mol. The molecule has 3 N–H and O–H groups in total. The third kappa shape index (κ3) is 8.79. The molecule has 0 radical (unpaired) electrons. The van der Waals surface area contributed by atoms with Gasteiger partial charge in [0.05, 0.1) is 18.1 Å². The average molecular weight is 909 g/mol. The van der Waals surface area contributed by atoms with Gasteiger partial charge < -0.3 is 33.8 Å². The first-order valence-electron chi connectivity index (χ1n) is 22.5. The number of hydrogen-bond donors (Lipinski definition) is 3. The van der Waals surface area contributed by atoms with Crippen LogP contribution in [0.1, 0.15) is 83.5 Å². The molecule has 4 amide bonds. The number of nitrogens with one attached hydrogen (secondary N) is 3. The van der Waals surface area contributed by atoms with Crippen LogP contribution in [0.25, 0.3) is 44.8 Å². The van der Waals surface area contributed by atoms with Gasteiger partial charge in [0.15, 0.2) is 5.82 Å². The molecule has 5 heterocycles. The highest BCUT2D eigenvalue weighted by Crippen LogP contribution is 2.46. The van der Waals surface area contributed by atoms with E-state index >= 15 is 0 Å². The van der Waals surface area contributed by atoms with E-state index in [0.29, 0.717) is 48.0 Å². The SMILES string of the molecule is O=C(N[C@H]1CCCCC/C=C\[C@@H]2C[C@@]2(C(=O)NS(=O)(=O)C2CC2)NC(=O)[C@@H]2C[C@@H](Oc3nc(-c4ccc(-c5ccco5)cc4)nc4c3oc3ccc(F)cc34)CN2C1=O)OC1CCCC1. The molecule has 5 atom stereocenters. The lowest BCUT2D eigenvalue weighted by Gasteiger charge is -2.30. The highest BCUT2D eigenvalue weighted by atomic mass is 32.2. The van der Waals surface area contributed by atoms with Crippen LogP contribution in [0.2, 0.25) is 0 Å². The number of halogens is 1. The minimum absolute atomic E-state index is 0.0133.